The van der Waals surface area contributed by atoms with Crippen molar-refractivity contribution in [3.8, 4) is 0 Å². The van der Waals surface area contributed by atoms with Crippen molar-refractivity contribution in [1.29, 1.82) is 0 Å². The predicted molar refractivity (Wildman–Crippen MR) is 58.6 cm³/mol. The predicted octanol–water partition coefficient (Wildman–Crippen LogP) is 2.58. The molecule has 0 amide bonds. The molecule has 0 saturated heterocycles. The first kappa shape index (κ1) is 12.4. The summed E-state index contributed by atoms with van der Waals surface area (Å²) < 4.78 is 13.2. The topological polar surface area (TPSA) is 63.4 Å². The third kappa shape index (κ3) is 3.15. The fourth-order valence-electron chi connectivity index (χ4n) is 0.932. The zero-order valence-corrected chi connectivity index (χ0v) is 9.85. The third-order valence-electron chi connectivity index (χ3n) is 1.55. The first-order valence-corrected chi connectivity index (χ1v) is 5.71. The van der Waals surface area contributed by atoms with Gasteiger partial charge in [0.2, 0.25) is 0 Å². The van der Waals surface area contributed by atoms with Crippen LogP contribution in [0.15, 0.2) is 21.5 Å². The Labute approximate surface area is 97.8 Å². The largest absolute Gasteiger partial charge is 0.396 e. The van der Waals surface area contributed by atoms with Gasteiger partial charge in [-0.1, -0.05) is 0 Å². The van der Waals surface area contributed by atoms with Crippen LogP contribution in [-0.2, 0) is 0 Å². The number of aliphatic hydroxyl groups is 1. The highest BCUT2D eigenvalue weighted by Crippen LogP contribution is 2.33. The van der Waals surface area contributed by atoms with Crippen molar-refractivity contribution in [2.45, 2.75) is 4.90 Å². The average molecular weight is 296 g/mol. The molecule has 1 aromatic rings. The second-order valence-electron chi connectivity index (χ2n) is 2.56. The lowest BCUT2D eigenvalue weighted by atomic mass is 10.3. The van der Waals surface area contributed by atoms with Crippen molar-refractivity contribution < 1.29 is 14.4 Å². The SMILES string of the molecule is O=[N+]([O-])c1cc(Br)c(F)cc1SCCO. The molecule has 7 heteroatoms. The van der Waals surface area contributed by atoms with Crippen molar-refractivity contribution in [2.75, 3.05) is 12.4 Å². The summed E-state index contributed by atoms with van der Waals surface area (Å²) >= 11 is 3.92. The molecule has 0 aliphatic carbocycles. The van der Waals surface area contributed by atoms with Gasteiger partial charge in [-0.05, 0) is 22.0 Å². The van der Waals surface area contributed by atoms with Gasteiger partial charge >= 0.3 is 0 Å². The van der Waals surface area contributed by atoms with Crippen LogP contribution in [-0.4, -0.2) is 22.4 Å². The molecule has 0 spiro atoms. The molecule has 0 aromatic heterocycles. The molecule has 0 bridgehead atoms. The monoisotopic (exact) mass is 295 g/mol. The summed E-state index contributed by atoms with van der Waals surface area (Å²) in [4.78, 5) is 10.3. The smallest absolute Gasteiger partial charge is 0.284 e. The van der Waals surface area contributed by atoms with E-state index in [9.17, 15) is 14.5 Å². The van der Waals surface area contributed by atoms with Crippen molar-refractivity contribution in [1.82, 2.24) is 0 Å². The van der Waals surface area contributed by atoms with E-state index in [1.165, 1.54) is 0 Å². The van der Waals surface area contributed by atoms with Gasteiger partial charge in [-0.3, -0.25) is 10.1 Å². The van der Waals surface area contributed by atoms with E-state index in [1.54, 1.807) is 0 Å². The molecule has 1 N–H and O–H groups in total. The normalized spacial score (nSPS) is 10.3. The highest BCUT2D eigenvalue weighted by atomic mass is 79.9. The third-order valence-corrected chi connectivity index (χ3v) is 3.18. The summed E-state index contributed by atoms with van der Waals surface area (Å²) in [6, 6.07) is 2.21. The van der Waals surface area contributed by atoms with Gasteiger partial charge in [0.25, 0.3) is 5.69 Å². The summed E-state index contributed by atoms with van der Waals surface area (Å²) in [5.74, 6) is -0.261. The maximum Gasteiger partial charge on any atom is 0.284 e. The second-order valence-corrected chi connectivity index (χ2v) is 4.55. The van der Waals surface area contributed by atoms with Crippen molar-refractivity contribution in [3.63, 3.8) is 0 Å². The molecule has 0 aliphatic rings. The first-order valence-electron chi connectivity index (χ1n) is 3.93. The lowest BCUT2D eigenvalue weighted by Crippen LogP contribution is -1.94. The molecule has 1 aromatic carbocycles. The molecule has 0 radical (unpaired) electrons. The van der Waals surface area contributed by atoms with Gasteiger partial charge < -0.3 is 5.11 Å². The molecular formula is C8H7BrFNO3S. The Balaban J connectivity index is 3.10. The van der Waals surface area contributed by atoms with E-state index < -0.39 is 10.7 Å². The van der Waals surface area contributed by atoms with Gasteiger partial charge in [-0.15, -0.1) is 11.8 Å². The van der Waals surface area contributed by atoms with Gasteiger partial charge in [0.15, 0.2) is 0 Å². The van der Waals surface area contributed by atoms with Crippen LogP contribution in [0, 0.1) is 15.9 Å². The summed E-state index contributed by atoms with van der Waals surface area (Å²) in [5, 5.41) is 19.2. The molecule has 0 fully saturated rings. The lowest BCUT2D eigenvalue weighted by Gasteiger charge is -2.03. The fraction of sp³-hybridized carbons (Fsp3) is 0.250. The number of benzene rings is 1. The van der Waals surface area contributed by atoms with Crippen LogP contribution in [0.3, 0.4) is 0 Å². The number of halogens is 2. The number of hydrogen-bond donors (Lipinski definition) is 1. The Morgan fingerprint density at radius 1 is 1.60 bits per heavy atom. The first-order chi connectivity index (χ1) is 7.06. The second kappa shape index (κ2) is 5.43. The van der Waals surface area contributed by atoms with Gasteiger partial charge in [0, 0.05) is 11.8 Å². The molecule has 0 aliphatic heterocycles. The molecule has 15 heavy (non-hydrogen) atoms. The molecule has 0 saturated carbocycles. The Morgan fingerprint density at radius 2 is 2.27 bits per heavy atom. The molecule has 0 unspecified atom stereocenters. The number of hydrogen-bond acceptors (Lipinski definition) is 4. The van der Waals surface area contributed by atoms with E-state index in [1.807, 2.05) is 0 Å². The molecule has 82 valence electrons. The minimum atomic E-state index is -0.579. The van der Waals surface area contributed by atoms with Crippen molar-refractivity contribution in [2.24, 2.45) is 0 Å². The molecule has 1 rings (SSSR count). The number of nitrogens with zero attached hydrogens (tertiary/aromatic N) is 1. The van der Waals surface area contributed by atoms with Crippen LogP contribution in [0.5, 0.6) is 0 Å². The fourth-order valence-corrected chi connectivity index (χ4v) is 2.04. The standard InChI is InChI=1S/C8H7BrFNO3S/c9-5-3-7(11(13)14)8(4-6(5)10)15-2-1-12/h3-4,12H,1-2H2. The van der Waals surface area contributed by atoms with E-state index in [2.05, 4.69) is 15.9 Å². The van der Waals surface area contributed by atoms with E-state index in [0.717, 1.165) is 23.9 Å². The van der Waals surface area contributed by atoms with Crippen LogP contribution in [0.4, 0.5) is 10.1 Å². The molecular weight excluding hydrogens is 289 g/mol. The molecule has 0 heterocycles. The minimum absolute atomic E-state index is 0.0579. The van der Waals surface area contributed by atoms with E-state index in [4.69, 9.17) is 5.11 Å². The van der Waals surface area contributed by atoms with Gasteiger partial charge in [-0.2, -0.15) is 0 Å². The molecule has 0 atom stereocenters. The minimum Gasteiger partial charge on any atom is -0.396 e. The highest BCUT2D eigenvalue weighted by molar-refractivity contribution is 9.10. The summed E-state index contributed by atoms with van der Waals surface area (Å²) in [6.45, 7) is -0.112. The Bertz CT molecular complexity index is 388. The number of thioether (sulfide) groups is 1. The highest BCUT2D eigenvalue weighted by Gasteiger charge is 2.17. The zero-order chi connectivity index (χ0) is 11.4. The maximum atomic E-state index is 13.1. The van der Waals surface area contributed by atoms with Crippen LogP contribution < -0.4 is 0 Å². The van der Waals surface area contributed by atoms with Crippen molar-refractivity contribution in [3.05, 3.63) is 32.5 Å². The number of nitro benzene ring substituents is 1. The lowest BCUT2D eigenvalue weighted by molar-refractivity contribution is -0.387. The van der Waals surface area contributed by atoms with Gasteiger partial charge in [0.1, 0.15) is 5.82 Å². The Morgan fingerprint density at radius 3 is 2.80 bits per heavy atom. The van der Waals surface area contributed by atoms with E-state index in [0.29, 0.717) is 5.75 Å². The summed E-state index contributed by atoms with van der Waals surface area (Å²) in [5.41, 5.74) is -0.165. The zero-order valence-electron chi connectivity index (χ0n) is 7.44. The maximum absolute atomic E-state index is 13.1. The van der Waals surface area contributed by atoms with Crippen LogP contribution in [0.1, 0.15) is 0 Å². The molecule has 4 nitrogen and oxygen atoms in total. The number of rotatable bonds is 4. The van der Waals surface area contributed by atoms with E-state index >= 15 is 0 Å². The van der Waals surface area contributed by atoms with Gasteiger partial charge in [0.05, 0.1) is 20.9 Å². The Hall–Kier alpha value is -0.660. The van der Waals surface area contributed by atoms with Crippen LogP contribution in [0.2, 0.25) is 0 Å². The number of aliphatic hydroxyl groups excluding tert-OH is 1. The average Bonchev–Trinajstić information content (AvgIpc) is 2.19. The number of nitro groups is 1. The van der Waals surface area contributed by atoms with Crippen LogP contribution in [0.25, 0.3) is 0 Å². The Kier molecular flexibility index (Phi) is 4.49. The van der Waals surface area contributed by atoms with Gasteiger partial charge in [-0.25, -0.2) is 4.39 Å². The summed E-state index contributed by atoms with van der Waals surface area (Å²) in [6.07, 6.45) is 0. The quantitative estimate of drug-likeness (QED) is 0.527. The van der Waals surface area contributed by atoms with E-state index in [-0.39, 0.29) is 21.7 Å². The summed E-state index contributed by atoms with van der Waals surface area (Å²) in [7, 11) is 0. The van der Waals surface area contributed by atoms with Crippen LogP contribution >= 0.6 is 27.7 Å². The van der Waals surface area contributed by atoms with Crippen molar-refractivity contribution >= 4 is 33.4 Å².